The van der Waals surface area contributed by atoms with Gasteiger partial charge >= 0.3 is 6.09 Å². The van der Waals surface area contributed by atoms with Crippen molar-refractivity contribution in [1.29, 1.82) is 0 Å². The van der Waals surface area contributed by atoms with Crippen LogP contribution in [0.15, 0.2) is 30.3 Å². The fourth-order valence-electron chi connectivity index (χ4n) is 2.26. The molecular weight excluding hydrogens is 264 g/mol. The number of alkyl carbamates (subject to hydrolysis) is 1. The average Bonchev–Trinajstić information content (AvgIpc) is 2.35. The normalized spacial score (nSPS) is 13.0. The van der Waals surface area contributed by atoms with Crippen molar-refractivity contribution in [2.75, 3.05) is 0 Å². The first-order valence-electron chi connectivity index (χ1n) is 7.12. The van der Waals surface area contributed by atoms with Crippen molar-refractivity contribution in [3.05, 3.63) is 41.6 Å². The molecule has 2 aromatic rings. The van der Waals surface area contributed by atoms with Crippen LogP contribution in [0.25, 0.3) is 10.9 Å². The van der Waals surface area contributed by atoms with Gasteiger partial charge in [-0.1, -0.05) is 18.2 Å². The third-order valence-electron chi connectivity index (χ3n) is 3.08. The lowest BCUT2D eigenvalue weighted by Gasteiger charge is -2.22. The molecule has 1 unspecified atom stereocenters. The largest absolute Gasteiger partial charge is 0.444 e. The molecule has 1 aromatic carbocycles. The summed E-state index contributed by atoms with van der Waals surface area (Å²) in [6.07, 6.45) is -0.409. The van der Waals surface area contributed by atoms with Gasteiger partial charge in [-0.3, -0.25) is 4.98 Å². The fourth-order valence-corrected chi connectivity index (χ4v) is 2.26. The van der Waals surface area contributed by atoms with Gasteiger partial charge in [0, 0.05) is 11.1 Å². The Morgan fingerprint density at radius 3 is 2.62 bits per heavy atom. The Balaban J connectivity index is 2.27. The quantitative estimate of drug-likeness (QED) is 0.903. The average molecular weight is 286 g/mol. The molecule has 0 saturated heterocycles. The molecule has 0 aliphatic heterocycles. The van der Waals surface area contributed by atoms with Crippen molar-refractivity contribution in [3.8, 4) is 0 Å². The van der Waals surface area contributed by atoms with Crippen molar-refractivity contribution in [3.63, 3.8) is 0 Å². The highest BCUT2D eigenvalue weighted by Gasteiger charge is 2.19. The number of benzene rings is 1. The number of hydrogen-bond donors (Lipinski definition) is 1. The van der Waals surface area contributed by atoms with Crippen molar-refractivity contribution >= 4 is 17.0 Å². The molecule has 0 bridgehead atoms. The summed E-state index contributed by atoms with van der Waals surface area (Å²) in [4.78, 5) is 16.4. The molecule has 21 heavy (non-hydrogen) atoms. The number of carbonyl (C=O) groups excluding carboxylic acids is 1. The molecule has 1 heterocycles. The molecule has 4 heteroatoms. The van der Waals surface area contributed by atoms with Crippen LogP contribution >= 0.6 is 0 Å². The molecule has 0 saturated carbocycles. The standard InChI is InChI=1S/C17H22N2O2/c1-11-10-14(13-8-6-7-9-15(13)18-11)12(2)19-16(20)21-17(3,4)5/h6-10,12H,1-5H3,(H,19,20). The summed E-state index contributed by atoms with van der Waals surface area (Å²) in [5, 5.41) is 3.93. The van der Waals surface area contributed by atoms with E-state index in [1.807, 2.05) is 65.0 Å². The molecule has 0 fully saturated rings. The summed E-state index contributed by atoms with van der Waals surface area (Å²) in [6, 6.07) is 9.79. The Kier molecular flexibility index (Phi) is 4.16. The number of aromatic nitrogens is 1. The number of carbonyl (C=O) groups is 1. The molecule has 1 N–H and O–H groups in total. The molecule has 2 rings (SSSR count). The summed E-state index contributed by atoms with van der Waals surface area (Å²) >= 11 is 0. The zero-order valence-corrected chi connectivity index (χ0v) is 13.2. The monoisotopic (exact) mass is 286 g/mol. The van der Waals surface area contributed by atoms with Crippen LogP contribution in [0, 0.1) is 6.92 Å². The number of aryl methyl sites for hydroxylation is 1. The molecule has 0 aliphatic carbocycles. The van der Waals surface area contributed by atoms with Gasteiger partial charge in [0.25, 0.3) is 0 Å². The number of amides is 1. The highest BCUT2D eigenvalue weighted by Crippen LogP contribution is 2.24. The lowest BCUT2D eigenvalue weighted by Crippen LogP contribution is -2.34. The van der Waals surface area contributed by atoms with Gasteiger partial charge in [0.2, 0.25) is 0 Å². The van der Waals surface area contributed by atoms with Crippen LogP contribution in [0.3, 0.4) is 0 Å². The van der Waals surface area contributed by atoms with Gasteiger partial charge in [-0.05, 0) is 52.3 Å². The van der Waals surface area contributed by atoms with Crippen LogP contribution in [0.4, 0.5) is 4.79 Å². The maximum absolute atomic E-state index is 11.9. The summed E-state index contributed by atoms with van der Waals surface area (Å²) in [7, 11) is 0. The molecule has 4 nitrogen and oxygen atoms in total. The second kappa shape index (κ2) is 5.72. The third kappa shape index (κ3) is 3.94. The lowest BCUT2D eigenvalue weighted by atomic mass is 10.0. The number of rotatable bonds is 2. The van der Waals surface area contributed by atoms with Crippen LogP contribution in [0.1, 0.15) is 45.0 Å². The second-order valence-electron chi connectivity index (χ2n) is 6.24. The Hall–Kier alpha value is -2.10. The maximum Gasteiger partial charge on any atom is 0.408 e. The number of nitrogens with one attached hydrogen (secondary N) is 1. The van der Waals surface area contributed by atoms with Crippen LogP contribution in [0.2, 0.25) is 0 Å². The fraction of sp³-hybridized carbons (Fsp3) is 0.412. The number of ether oxygens (including phenoxy) is 1. The predicted molar refractivity (Wildman–Crippen MR) is 84.3 cm³/mol. The van der Waals surface area contributed by atoms with E-state index in [0.29, 0.717) is 0 Å². The Morgan fingerprint density at radius 1 is 1.29 bits per heavy atom. The molecule has 112 valence electrons. The number of hydrogen-bond acceptors (Lipinski definition) is 3. The summed E-state index contributed by atoms with van der Waals surface area (Å²) in [5.41, 5.74) is 2.41. The van der Waals surface area contributed by atoms with E-state index < -0.39 is 11.7 Å². The van der Waals surface area contributed by atoms with E-state index in [1.165, 1.54) is 0 Å². The Labute approximate surface area is 125 Å². The smallest absolute Gasteiger partial charge is 0.408 e. The molecule has 1 amide bonds. The van der Waals surface area contributed by atoms with Crippen LogP contribution in [-0.4, -0.2) is 16.7 Å². The third-order valence-corrected chi connectivity index (χ3v) is 3.08. The van der Waals surface area contributed by atoms with Gasteiger partial charge < -0.3 is 10.1 Å². The van der Waals surface area contributed by atoms with Crippen molar-refractivity contribution in [2.45, 2.75) is 46.3 Å². The Bertz CT molecular complexity index is 659. The number of para-hydroxylation sites is 1. The van der Waals surface area contributed by atoms with Gasteiger partial charge in [0.05, 0.1) is 11.6 Å². The van der Waals surface area contributed by atoms with Crippen LogP contribution in [-0.2, 0) is 4.74 Å². The molecule has 0 radical (unpaired) electrons. The topological polar surface area (TPSA) is 51.2 Å². The lowest BCUT2D eigenvalue weighted by molar-refractivity contribution is 0.0508. The minimum Gasteiger partial charge on any atom is -0.444 e. The molecular formula is C17H22N2O2. The Morgan fingerprint density at radius 2 is 1.95 bits per heavy atom. The zero-order chi connectivity index (χ0) is 15.6. The minimum atomic E-state index is -0.500. The van der Waals surface area contributed by atoms with E-state index in [9.17, 15) is 4.79 Å². The van der Waals surface area contributed by atoms with Crippen LogP contribution < -0.4 is 5.32 Å². The van der Waals surface area contributed by atoms with E-state index in [-0.39, 0.29) is 6.04 Å². The van der Waals surface area contributed by atoms with E-state index in [2.05, 4.69) is 10.3 Å². The van der Waals surface area contributed by atoms with E-state index >= 15 is 0 Å². The van der Waals surface area contributed by atoms with E-state index in [4.69, 9.17) is 4.74 Å². The molecule has 1 aromatic heterocycles. The molecule has 0 spiro atoms. The predicted octanol–water partition coefficient (Wildman–Crippen LogP) is 4.13. The summed E-state index contributed by atoms with van der Waals surface area (Å²) in [6.45, 7) is 9.46. The first-order chi connectivity index (χ1) is 9.76. The number of fused-ring (bicyclic) bond motifs is 1. The molecule has 1 atom stereocenters. The zero-order valence-electron chi connectivity index (χ0n) is 13.2. The van der Waals surface area contributed by atoms with Gasteiger partial charge in [-0.2, -0.15) is 0 Å². The van der Waals surface area contributed by atoms with E-state index in [0.717, 1.165) is 22.2 Å². The van der Waals surface area contributed by atoms with Gasteiger partial charge in [-0.25, -0.2) is 4.79 Å². The maximum atomic E-state index is 11.9. The first-order valence-corrected chi connectivity index (χ1v) is 7.12. The highest BCUT2D eigenvalue weighted by atomic mass is 16.6. The highest BCUT2D eigenvalue weighted by molar-refractivity contribution is 5.83. The summed E-state index contributed by atoms with van der Waals surface area (Å²) < 4.78 is 5.31. The number of pyridine rings is 1. The van der Waals surface area contributed by atoms with Crippen LogP contribution in [0.5, 0.6) is 0 Å². The minimum absolute atomic E-state index is 0.147. The first kappa shape index (κ1) is 15.3. The SMILES string of the molecule is Cc1cc(C(C)NC(=O)OC(C)(C)C)c2ccccc2n1. The van der Waals surface area contributed by atoms with Crippen molar-refractivity contribution in [1.82, 2.24) is 10.3 Å². The van der Waals surface area contributed by atoms with Crippen molar-refractivity contribution in [2.24, 2.45) is 0 Å². The van der Waals surface area contributed by atoms with Gasteiger partial charge in [-0.15, -0.1) is 0 Å². The second-order valence-corrected chi connectivity index (χ2v) is 6.24. The van der Waals surface area contributed by atoms with Gasteiger partial charge in [0.15, 0.2) is 0 Å². The van der Waals surface area contributed by atoms with Gasteiger partial charge in [0.1, 0.15) is 5.60 Å². The summed E-state index contributed by atoms with van der Waals surface area (Å²) in [5.74, 6) is 0. The van der Waals surface area contributed by atoms with E-state index in [1.54, 1.807) is 0 Å². The van der Waals surface area contributed by atoms with Crippen molar-refractivity contribution < 1.29 is 9.53 Å². The number of nitrogens with zero attached hydrogens (tertiary/aromatic N) is 1. The molecule has 0 aliphatic rings.